The van der Waals surface area contributed by atoms with Gasteiger partial charge in [-0.15, -0.1) is 0 Å². The van der Waals surface area contributed by atoms with Crippen molar-refractivity contribution in [1.82, 2.24) is 15.1 Å². The third-order valence-corrected chi connectivity index (χ3v) is 2.90. The zero-order valence-corrected chi connectivity index (χ0v) is 11.0. The second-order valence-corrected chi connectivity index (χ2v) is 4.38. The Morgan fingerprint density at radius 3 is 2.63 bits per heavy atom. The average Bonchev–Trinajstić information content (AvgIpc) is 2.83. The summed E-state index contributed by atoms with van der Waals surface area (Å²) in [5.74, 6) is 1.50. The zero-order valence-electron chi connectivity index (χ0n) is 11.0. The molecule has 2 aromatic heterocycles. The van der Waals surface area contributed by atoms with Crippen LogP contribution in [0.3, 0.4) is 0 Å². The molecular weight excluding hydrogens is 242 g/mol. The van der Waals surface area contributed by atoms with E-state index in [1.165, 1.54) is 0 Å². The maximum absolute atomic E-state index is 5.32. The van der Waals surface area contributed by atoms with Crippen LogP contribution in [0.1, 0.15) is 11.5 Å². The third-order valence-electron chi connectivity index (χ3n) is 2.90. The number of ether oxygens (including phenoxy) is 1. The number of hydrogen-bond donors (Lipinski definition) is 0. The minimum atomic E-state index is 0.490. The number of methoxy groups -OCH3 is 1. The lowest BCUT2D eigenvalue weighted by Crippen LogP contribution is -1.94. The van der Waals surface area contributed by atoms with Gasteiger partial charge in [-0.05, 0) is 24.6 Å². The number of aryl methyl sites for hydroxylation is 2. The quantitative estimate of drug-likeness (QED) is 0.704. The van der Waals surface area contributed by atoms with Gasteiger partial charge in [0.2, 0.25) is 17.6 Å². The molecule has 0 saturated carbocycles. The molecule has 3 aromatic rings. The minimum absolute atomic E-state index is 0.490. The number of benzene rings is 1. The van der Waals surface area contributed by atoms with Gasteiger partial charge in [0.15, 0.2) is 0 Å². The van der Waals surface area contributed by atoms with E-state index in [0.29, 0.717) is 17.6 Å². The average molecular weight is 255 g/mol. The first-order valence-electron chi connectivity index (χ1n) is 5.93. The molecule has 19 heavy (non-hydrogen) atoms. The van der Waals surface area contributed by atoms with Gasteiger partial charge in [-0.1, -0.05) is 17.3 Å². The van der Waals surface area contributed by atoms with Crippen LogP contribution in [0.25, 0.3) is 22.3 Å². The van der Waals surface area contributed by atoms with Crippen molar-refractivity contribution in [1.29, 1.82) is 0 Å². The molecule has 0 radical (unpaired) electrons. The molecule has 5 nitrogen and oxygen atoms in total. The van der Waals surface area contributed by atoms with Crippen molar-refractivity contribution < 1.29 is 9.26 Å². The standard InChI is InChI=1S/C14H13N3O2/c1-8-4-5-10-7-11(13-15-9(2)19-17-13)14(18-3)16-12(10)6-8/h4-7H,1-3H3. The Bertz CT molecular complexity index is 750. The van der Waals surface area contributed by atoms with Gasteiger partial charge in [-0.3, -0.25) is 0 Å². The first kappa shape index (κ1) is 11.6. The fraction of sp³-hybridized carbons (Fsp3) is 0.214. The summed E-state index contributed by atoms with van der Waals surface area (Å²) < 4.78 is 10.3. The summed E-state index contributed by atoms with van der Waals surface area (Å²) in [6, 6.07) is 8.04. The number of hydrogen-bond acceptors (Lipinski definition) is 5. The van der Waals surface area contributed by atoms with E-state index in [2.05, 4.69) is 15.1 Å². The molecule has 0 atom stereocenters. The number of fused-ring (bicyclic) bond motifs is 1. The normalized spacial score (nSPS) is 10.9. The monoisotopic (exact) mass is 255 g/mol. The van der Waals surface area contributed by atoms with Crippen molar-refractivity contribution in [2.75, 3.05) is 7.11 Å². The van der Waals surface area contributed by atoms with E-state index < -0.39 is 0 Å². The highest BCUT2D eigenvalue weighted by molar-refractivity contribution is 5.85. The lowest BCUT2D eigenvalue weighted by atomic mass is 10.1. The van der Waals surface area contributed by atoms with Crippen molar-refractivity contribution in [3.63, 3.8) is 0 Å². The second kappa shape index (κ2) is 4.35. The van der Waals surface area contributed by atoms with E-state index in [9.17, 15) is 0 Å². The Morgan fingerprint density at radius 2 is 1.95 bits per heavy atom. The number of nitrogens with zero attached hydrogens (tertiary/aromatic N) is 3. The third kappa shape index (κ3) is 2.03. The molecule has 0 fully saturated rings. The van der Waals surface area contributed by atoms with E-state index in [0.717, 1.165) is 22.0 Å². The van der Waals surface area contributed by atoms with Gasteiger partial charge in [0.1, 0.15) is 0 Å². The van der Waals surface area contributed by atoms with E-state index >= 15 is 0 Å². The number of rotatable bonds is 2. The van der Waals surface area contributed by atoms with Crippen molar-refractivity contribution in [2.24, 2.45) is 0 Å². The van der Waals surface area contributed by atoms with Gasteiger partial charge in [-0.2, -0.15) is 4.98 Å². The van der Waals surface area contributed by atoms with Crippen LogP contribution in [-0.2, 0) is 0 Å². The van der Waals surface area contributed by atoms with Gasteiger partial charge in [-0.25, -0.2) is 4.98 Å². The van der Waals surface area contributed by atoms with E-state index in [4.69, 9.17) is 9.26 Å². The molecule has 0 aliphatic rings. The molecule has 0 amide bonds. The molecule has 0 aliphatic heterocycles. The van der Waals surface area contributed by atoms with Crippen molar-refractivity contribution in [3.05, 3.63) is 35.7 Å². The van der Waals surface area contributed by atoms with Gasteiger partial charge >= 0.3 is 0 Å². The molecule has 3 rings (SSSR count). The summed E-state index contributed by atoms with van der Waals surface area (Å²) in [7, 11) is 1.58. The van der Waals surface area contributed by atoms with Gasteiger partial charge in [0, 0.05) is 12.3 Å². The summed E-state index contributed by atoms with van der Waals surface area (Å²) in [5.41, 5.74) is 2.78. The molecule has 1 aromatic carbocycles. The fourth-order valence-corrected chi connectivity index (χ4v) is 1.98. The van der Waals surface area contributed by atoms with Crippen LogP contribution in [0.2, 0.25) is 0 Å². The highest BCUT2D eigenvalue weighted by Crippen LogP contribution is 2.29. The summed E-state index contributed by atoms with van der Waals surface area (Å²) in [6.07, 6.45) is 0. The first-order chi connectivity index (χ1) is 9.17. The highest BCUT2D eigenvalue weighted by atomic mass is 16.5. The Labute approximate surface area is 110 Å². The van der Waals surface area contributed by atoms with E-state index in [-0.39, 0.29) is 0 Å². The van der Waals surface area contributed by atoms with Crippen LogP contribution >= 0.6 is 0 Å². The van der Waals surface area contributed by atoms with Crippen molar-refractivity contribution in [3.8, 4) is 17.3 Å². The molecule has 5 heteroatoms. The Hall–Kier alpha value is -2.43. The van der Waals surface area contributed by atoms with Crippen LogP contribution in [0.5, 0.6) is 5.88 Å². The van der Waals surface area contributed by atoms with Crippen LogP contribution in [0.4, 0.5) is 0 Å². The Balaban J connectivity index is 2.26. The SMILES string of the molecule is COc1nc2cc(C)ccc2cc1-c1noc(C)n1. The molecule has 0 spiro atoms. The van der Waals surface area contributed by atoms with Crippen LogP contribution in [-0.4, -0.2) is 22.2 Å². The lowest BCUT2D eigenvalue weighted by Gasteiger charge is -2.06. The van der Waals surface area contributed by atoms with Crippen LogP contribution in [0, 0.1) is 13.8 Å². The second-order valence-electron chi connectivity index (χ2n) is 4.38. The smallest absolute Gasteiger partial charge is 0.225 e. The van der Waals surface area contributed by atoms with E-state index in [1.54, 1.807) is 14.0 Å². The number of pyridine rings is 1. The van der Waals surface area contributed by atoms with Gasteiger partial charge in [0.25, 0.3) is 0 Å². The summed E-state index contributed by atoms with van der Waals surface area (Å²) in [6.45, 7) is 3.78. The maximum atomic E-state index is 5.32. The lowest BCUT2D eigenvalue weighted by molar-refractivity contribution is 0.390. The molecule has 0 saturated heterocycles. The van der Waals surface area contributed by atoms with Gasteiger partial charge < -0.3 is 9.26 Å². The largest absolute Gasteiger partial charge is 0.480 e. The zero-order chi connectivity index (χ0) is 13.4. The molecule has 0 bridgehead atoms. The molecule has 0 unspecified atom stereocenters. The fourth-order valence-electron chi connectivity index (χ4n) is 1.98. The molecular formula is C14H13N3O2. The van der Waals surface area contributed by atoms with Crippen LogP contribution < -0.4 is 4.74 Å². The van der Waals surface area contributed by atoms with Crippen LogP contribution in [0.15, 0.2) is 28.8 Å². The predicted molar refractivity (Wildman–Crippen MR) is 71.1 cm³/mol. The number of aromatic nitrogens is 3. The molecule has 2 heterocycles. The molecule has 0 N–H and O–H groups in total. The highest BCUT2D eigenvalue weighted by Gasteiger charge is 2.14. The Kier molecular flexibility index (Phi) is 2.67. The topological polar surface area (TPSA) is 61.0 Å². The summed E-state index contributed by atoms with van der Waals surface area (Å²) >= 11 is 0. The van der Waals surface area contributed by atoms with Gasteiger partial charge in [0.05, 0.1) is 18.2 Å². The summed E-state index contributed by atoms with van der Waals surface area (Å²) in [5, 5.41) is 4.93. The van der Waals surface area contributed by atoms with Crippen molar-refractivity contribution in [2.45, 2.75) is 13.8 Å². The first-order valence-corrected chi connectivity index (χ1v) is 5.93. The maximum Gasteiger partial charge on any atom is 0.225 e. The van der Waals surface area contributed by atoms with E-state index in [1.807, 2.05) is 31.2 Å². The molecule has 96 valence electrons. The molecule has 0 aliphatic carbocycles. The predicted octanol–water partition coefficient (Wildman–Crippen LogP) is 2.91. The Morgan fingerprint density at radius 1 is 1.11 bits per heavy atom. The minimum Gasteiger partial charge on any atom is -0.480 e. The van der Waals surface area contributed by atoms with Crippen molar-refractivity contribution >= 4 is 10.9 Å². The summed E-state index contributed by atoms with van der Waals surface area (Å²) in [4.78, 5) is 8.71.